The van der Waals surface area contributed by atoms with Gasteiger partial charge in [-0.3, -0.25) is 4.79 Å². The average molecular weight is 359 g/mol. The molecule has 4 N–H and O–H groups in total. The Labute approximate surface area is 144 Å². The minimum Gasteiger partial charge on any atom is -0.383 e. The van der Waals surface area contributed by atoms with Crippen molar-refractivity contribution >= 4 is 11.7 Å². The van der Waals surface area contributed by atoms with Crippen molar-refractivity contribution in [2.75, 3.05) is 18.8 Å². The van der Waals surface area contributed by atoms with Gasteiger partial charge in [0.2, 0.25) is 11.7 Å². The van der Waals surface area contributed by atoms with Crippen LogP contribution >= 0.6 is 0 Å². The molecule has 1 aromatic rings. The number of rotatable bonds is 4. The third-order valence-corrected chi connectivity index (χ3v) is 4.62. The molecule has 1 aliphatic heterocycles. The summed E-state index contributed by atoms with van der Waals surface area (Å²) < 4.78 is 38.1. The molecule has 0 saturated carbocycles. The molecule has 9 heteroatoms. The number of piperidine rings is 1. The molecule has 2 rings (SSSR count). The second-order valence-corrected chi connectivity index (χ2v) is 6.59. The van der Waals surface area contributed by atoms with Crippen molar-refractivity contribution in [3.05, 3.63) is 17.1 Å². The summed E-state index contributed by atoms with van der Waals surface area (Å²) in [6.45, 7) is 4.50. The van der Waals surface area contributed by atoms with E-state index in [0.29, 0.717) is 31.0 Å². The smallest absolute Gasteiger partial charge is 0.383 e. The summed E-state index contributed by atoms with van der Waals surface area (Å²) in [5.41, 5.74) is 12.2. The van der Waals surface area contributed by atoms with Gasteiger partial charge in [-0.05, 0) is 45.4 Å². The number of anilines is 1. The number of carbonyl (C=O) groups is 1. The maximum atomic E-state index is 12.7. The lowest BCUT2D eigenvalue weighted by Crippen LogP contribution is -2.45. The van der Waals surface area contributed by atoms with Crippen molar-refractivity contribution in [1.29, 1.82) is 0 Å². The topological polar surface area (TPSA) is 98.1 Å². The largest absolute Gasteiger partial charge is 0.451 e. The highest BCUT2D eigenvalue weighted by Crippen LogP contribution is 2.30. The van der Waals surface area contributed by atoms with Gasteiger partial charge >= 0.3 is 6.18 Å². The van der Waals surface area contributed by atoms with Gasteiger partial charge in [0.25, 0.3) is 0 Å². The maximum absolute atomic E-state index is 12.7. The molecule has 1 atom stereocenters. The van der Waals surface area contributed by atoms with Gasteiger partial charge in [0.1, 0.15) is 5.82 Å². The molecule has 1 fully saturated rings. The van der Waals surface area contributed by atoms with Crippen LogP contribution in [0.4, 0.5) is 19.0 Å². The number of hydrogen-bond acceptors (Lipinski definition) is 5. The Morgan fingerprint density at radius 1 is 1.32 bits per heavy atom. The van der Waals surface area contributed by atoms with E-state index in [9.17, 15) is 18.0 Å². The van der Waals surface area contributed by atoms with Crippen LogP contribution in [0, 0.1) is 12.8 Å². The quantitative estimate of drug-likeness (QED) is 0.856. The number of hydrogen-bond donors (Lipinski definition) is 2. The van der Waals surface area contributed by atoms with Crippen LogP contribution in [0.5, 0.6) is 0 Å². The van der Waals surface area contributed by atoms with E-state index in [1.807, 2.05) is 0 Å². The molecule has 0 aliphatic carbocycles. The minimum atomic E-state index is -4.60. The van der Waals surface area contributed by atoms with Crippen LogP contribution in [0.15, 0.2) is 0 Å². The summed E-state index contributed by atoms with van der Waals surface area (Å²) in [5, 5.41) is 0. The number of aryl methyl sites for hydroxylation is 1. The number of nitrogens with two attached hydrogens (primary N) is 2. The van der Waals surface area contributed by atoms with Crippen molar-refractivity contribution in [2.24, 2.45) is 11.7 Å². The van der Waals surface area contributed by atoms with E-state index in [-0.39, 0.29) is 17.4 Å². The molecule has 0 unspecified atom stereocenters. The third kappa shape index (κ3) is 4.81. The maximum Gasteiger partial charge on any atom is 0.451 e. The molecule has 2 heterocycles. The Hall–Kier alpha value is -1.90. The van der Waals surface area contributed by atoms with Crippen LogP contribution in [-0.2, 0) is 17.4 Å². The zero-order valence-electron chi connectivity index (χ0n) is 14.4. The first kappa shape index (κ1) is 19.4. The zero-order valence-corrected chi connectivity index (χ0v) is 14.4. The van der Waals surface area contributed by atoms with Gasteiger partial charge in [-0.15, -0.1) is 0 Å². The number of halogens is 3. The molecular formula is C16H24F3N5O. The van der Waals surface area contributed by atoms with E-state index in [4.69, 9.17) is 11.5 Å². The molecule has 140 valence electrons. The fourth-order valence-electron chi connectivity index (χ4n) is 3.13. The van der Waals surface area contributed by atoms with Crippen LogP contribution in [0.25, 0.3) is 0 Å². The molecule has 0 bridgehead atoms. The van der Waals surface area contributed by atoms with Crippen LogP contribution in [-0.4, -0.2) is 39.9 Å². The number of alkyl halides is 3. The molecule has 0 aromatic carbocycles. The monoisotopic (exact) mass is 359 g/mol. The predicted octanol–water partition coefficient (Wildman–Crippen LogP) is 1.90. The van der Waals surface area contributed by atoms with E-state index in [2.05, 4.69) is 9.97 Å². The van der Waals surface area contributed by atoms with Gasteiger partial charge in [-0.2, -0.15) is 13.2 Å². The van der Waals surface area contributed by atoms with E-state index in [1.165, 1.54) is 6.92 Å². The molecule has 0 spiro atoms. The van der Waals surface area contributed by atoms with Crippen LogP contribution < -0.4 is 11.5 Å². The fraction of sp³-hybridized carbons (Fsp3) is 0.688. The molecule has 6 nitrogen and oxygen atoms in total. The Morgan fingerprint density at radius 2 is 1.92 bits per heavy atom. The van der Waals surface area contributed by atoms with Gasteiger partial charge in [-0.25, -0.2) is 9.97 Å². The number of nitrogen functional groups attached to an aromatic ring is 1. The number of aromatic nitrogens is 2. The van der Waals surface area contributed by atoms with Gasteiger partial charge in [0, 0.05) is 24.3 Å². The highest BCUT2D eigenvalue weighted by atomic mass is 19.4. The molecule has 1 saturated heterocycles. The summed E-state index contributed by atoms with van der Waals surface area (Å²) >= 11 is 0. The second kappa shape index (κ2) is 7.55. The normalized spacial score (nSPS) is 17.6. The van der Waals surface area contributed by atoms with Gasteiger partial charge in [0.05, 0.1) is 6.04 Å². The minimum absolute atomic E-state index is 0.0466. The van der Waals surface area contributed by atoms with Gasteiger partial charge < -0.3 is 16.4 Å². The first-order valence-corrected chi connectivity index (χ1v) is 8.34. The van der Waals surface area contributed by atoms with Gasteiger partial charge in [-0.1, -0.05) is 0 Å². The lowest BCUT2D eigenvalue weighted by molar-refractivity contribution is -0.145. The number of likely N-dealkylation sites (tertiary alicyclic amines) is 1. The van der Waals surface area contributed by atoms with E-state index < -0.39 is 18.0 Å². The summed E-state index contributed by atoms with van der Waals surface area (Å²) in [5.74, 6) is -0.966. The average Bonchev–Trinajstić information content (AvgIpc) is 2.52. The van der Waals surface area contributed by atoms with E-state index >= 15 is 0 Å². The van der Waals surface area contributed by atoms with Crippen molar-refractivity contribution in [1.82, 2.24) is 14.9 Å². The van der Waals surface area contributed by atoms with E-state index in [1.54, 1.807) is 11.8 Å². The van der Waals surface area contributed by atoms with Crippen molar-refractivity contribution in [3.8, 4) is 0 Å². The lowest BCUT2D eigenvalue weighted by Gasteiger charge is -2.33. The number of amides is 1. The number of nitrogens with zero attached hydrogens (tertiary/aromatic N) is 3. The van der Waals surface area contributed by atoms with Crippen molar-refractivity contribution < 1.29 is 18.0 Å². The zero-order chi connectivity index (χ0) is 18.8. The van der Waals surface area contributed by atoms with Gasteiger partial charge in [0.15, 0.2) is 0 Å². The van der Waals surface area contributed by atoms with Crippen molar-refractivity contribution in [2.45, 2.75) is 51.7 Å². The first-order chi connectivity index (χ1) is 11.6. The Bertz CT molecular complexity index is 602. The number of carbonyl (C=O) groups excluding carboxylic acids is 1. The van der Waals surface area contributed by atoms with Crippen LogP contribution in [0.1, 0.15) is 43.3 Å². The highest BCUT2D eigenvalue weighted by molar-refractivity contribution is 5.81. The molecule has 1 aliphatic rings. The summed E-state index contributed by atoms with van der Waals surface area (Å²) in [4.78, 5) is 20.6. The Morgan fingerprint density at radius 3 is 2.40 bits per heavy atom. The summed E-state index contributed by atoms with van der Waals surface area (Å²) in [7, 11) is 0. The Balaban J connectivity index is 1.94. The molecule has 1 aromatic heterocycles. The molecule has 0 radical (unpaired) electrons. The third-order valence-electron chi connectivity index (χ3n) is 4.62. The summed E-state index contributed by atoms with van der Waals surface area (Å²) in [6, 6.07) is -0.497. The lowest BCUT2D eigenvalue weighted by atomic mass is 9.90. The highest BCUT2D eigenvalue weighted by Gasteiger charge is 2.35. The first-order valence-electron chi connectivity index (χ1n) is 8.34. The molecule has 1 amide bonds. The standard InChI is InChI=1S/C16H24F3N5O/c1-9(20)14(25)24-7-5-11(6-8-24)3-4-12-10(2)22-15(16(17,18)19)23-13(12)21/h9,11H,3-8,20H2,1-2H3,(H2,21,22,23)/t9-/m0/s1. The fourth-order valence-corrected chi connectivity index (χ4v) is 3.13. The molecular weight excluding hydrogens is 335 g/mol. The van der Waals surface area contributed by atoms with Crippen LogP contribution in [0.3, 0.4) is 0 Å². The predicted molar refractivity (Wildman–Crippen MR) is 87.5 cm³/mol. The Kier molecular flexibility index (Phi) is 5.87. The summed E-state index contributed by atoms with van der Waals surface area (Å²) in [6.07, 6.45) is -1.60. The molecule has 25 heavy (non-hydrogen) atoms. The van der Waals surface area contributed by atoms with Crippen molar-refractivity contribution in [3.63, 3.8) is 0 Å². The SMILES string of the molecule is Cc1nc(C(F)(F)F)nc(N)c1CCC1CCN(C(=O)[C@H](C)N)CC1. The van der Waals surface area contributed by atoms with E-state index in [0.717, 1.165) is 19.3 Å². The van der Waals surface area contributed by atoms with Crippen LogP contribution in [0.2, 0.25) is 0 Å². The second-order valence-electron chi connectivity index (χ2n) is 6.59.